The number of H-pyrrole nitrogens is 1. The highest BCUT2D eigenvalue weighted by Gasteiger charge is 2.33. The van der Waals surface area contributed by atoms with Crippen LogP contribution in [0.15, 0.2) is 35.1 Å². The highest BCUT2D eigenvalue weighted by Crippen LogP contribution is 2.34. The number of aryl methyl sites for hydroxylation is 1. The number of aromatic amines is 1. The summed E-state index contributed by atoms with van der Waals surface area (Å²) in [4.78, 5) is 32.8. The Bertz CT molecular complexity index is 937. The van der Waals surface area contributed by atoms with Crippen molar-refractivity contribution in [2.45, 2.75) is 38.4 Å². The molecule has 162 valence electrons. The number of alkyl halides is 3. The lowest BCUT2D eigenvalue weighted by molar-refractivity contribution is -0.137. The number of amides is 1. The molecule has 30 heavy (non-hydrogen) atoms. The number of nitrogens with one attached hydrogen (secondary N) is 3. The molecule has 0 unspecified atom stereocenters. The Kier molecular flexibility index (Phi) is 6.76. The Morgan fingerprint density at radius 3 is 2.63 bits per heavy atom. The Morgan fingerprint density at radius 1 is 1.27 bits per heavy atom. The van der Waals surface area contributed by atoms with E-state index in [0.717, 1.165) is 6.07 Å². The summed E-state index contributed by atoms with van der Waals surface area (Å²) in [6.07, 6.45) is -2.44. The van der Waals surface area contributed by atoms with Crippen molar-refractivity contribution in [3.05, 3.63) is 51.9 Å². The molecule has 1 saturated heterocycles. The van der Waals surface area contributed by atoms with Crippen LogP contribution >= 0.6 is 0 Å². The van der Waals surface area contributed by atoms with Crippen LogP contribution in [0.1, 0.15) is 31.0 Å². The zero-order valence-electron chi connectivity index (χ0n) is 16.6. The number of aromatic nitrogens is 2. The molecule has 0 bridgehead atoms. The monoisotopic (exact) mass is 423 g/mol. The number of piperidine rings is 1. The van der Waals surface area contributed by atoms with Crippen LogP contribution in [0.3, 0.4) is 0 Å². The highest BCUT2D eigenvalue weighted by molar-refractivity contribution is 5.93. The number of benzene rings is 1. The summed E-state index contributed by atoms with van der Waals surface area (Å²) in [6.45, 7) is 3.13. The fourth-order valence-corrected chi connectivity index (χ4v) is 3.42. The normalized spacial score (nSPS) is 15.7. The fraction of sp³-hybridized carbons (Fsp3) is 0.450. The van der Waals surface area contributed by atoms with E-state index in [9.17, 15) is 22.8 Å². The van der Waals surface area contributed by atoms with E-state index in [1.165, 1.54) is 24.3 Å². The third-order valence-corrected chi connectivity index (χ3v) is 4.96. The van der Waals surface area contributed by atoms with Crippen LogP contribution in [0.4, 0.5) is 24.8 Å². The summed E-state index contributed by atoms with van der Waals surface area (Å²) in [5, 5.41) is 5.58. The van der Waals surface area contributed by atoms with Crippen molar-refractivity contribution in [3.63, 3.8) is 0 Å². The summed E-state index contributed by atoms with van der Waals surface area (Å²) in [5.74, 6) is -0.0564. The third kappa shape index (κ3) is 5.82. The first-order valence-electron chi connectivity index (χ1n) is 9.80. The predicted molar refractivity (Wildman–Crippen MR) is 107 cm³/mol. The van der Waals surface area contributed by atoms with Crippen molar-refractivity contribution in [2.24, 2.45) is 0 Å². The topological polar surface area (TPSA) is 90.1 Å². The minimum absolute atomic E-state index is 0.0132. The Morgan fingerprint density at radius 2 is 1.97 bits per heavy atom. The number of hydrogen-bond acceptors (Lipinski definition) is 5. The minimum atomic E-state index is -4.53. The molecule has 3 N–H and O–H groups in total. The second-order valence-corrected chi connectivity index (χ2v) is 7.23. The maximum absolute atomic E-state index is 13.1. The van der Waals surface area contributed by atoms with Crippen LogP contribution in [-0.2, 0) is 17.4 Å². The number of para-hydroxylation sites is 1. The third-order valence-electron chi connectivity index (χ3n) is 4.96. The number of nitrogens with zero attached hydrogens (tertiary/aromatic N) is 2. The van der Waals surface area contributed by atoms with Gasteiger partial charge in [0.15, 0.2) is 0 Å². The quantitative estimate of drug-likeness (QED) is 0.665. The second-order valence-electron chi connectivity index (χ2n) is 7.23. The molecule has 1 aliphatic rings. The number of halogens is 3. The van der Waals surface area contributed by atoms with Crippen molar-refractivity contribution in [1.82, 2.24) is 14.9 Å². The van der Waals surface area contributed by atoms with Gasteiger partial charge < -0.3 is 10.6 Å². The number of likely N-dealkylation sites (tertiary alicyclic amines) is 1. The first-order valence-corrected chi connectivity index (χ1v) is 9.80. The van der Waals surface area contributed by atoms with Gasteiger partial charge in [-0.1, -0.05) is 19.1 Å². The van der Waals surface area contributed by atoms with E-state index in [4.69, 9.17) is 0 Å². The number of carbonyl (C=O) groups is 1. The molecule has 0 atom stereocenters. The van der Waals surface area contributed by atoms with Gasteiger partial charge in [0, 0.05) is 30.9 Å². The van der Waals surface area contributed by atoms with Gasteiger partial charge in [-0.15, -0.1) is 0 Å². The van der Waals surface area contributed by atoms with Crippen LogP contribution < -0.4 is 16.2 Å². The van der Waals surface area contributed by atoms with Gasteiger partial charge >= 0.3 is 6.18 Å². The fourth-order valence-electron chi connectivity index (χ4n) is 3.42. The van der Waals surface area contributed by atoms with E-state index in [-0.39, 0.29) is 23.8 Å². The van der Waals surface area contributed by atoms with E-state index in [1.807, 2.05) is 11.8 Å². The SMILES string of the molecule is CCc1cc(=O)[nH]c(NC2CCN(CC(=O)Nc3ccccc3C(F)(F)F)CC2)n1. The molecule has 3 rings (SSSR count). The van der Waals surface area contributed by atoms with Crippen LogP contribution in [0.2, 0.25) is 0 Å². The molecule has 0 saturated carbocycles. The summed E-state index contributed by atoms with van der Waals surface area (Å²) < 4.78 is 39.2. The molecule has 1 aliphatic heterocycles. The number of carbonyl (C=O) groups excluding carboxylic acids is 1. The van der Waals surface area contributed by atoms with Crippen molar-refractivity contribution < 1.29 is 18.0 Å². The van der Waals surface area contributed by atoms with Gasteiger partial charge in [-0.25, -0.2) is 4.98 Å². The lowest BCUT2D eigenvalue weighted by atomic mass is 10.1. The standard InChI is InChI=1S/C20H24F3N5O2/c1-2-13-11-17(29)27-19(24-13)25-14-7-9-28(10-8-14)12-18(30)26-16-6-4-3-5-15(16)20(21,22)23/h3-6,11,14H,2,7-10,12H2,1H3,(H,26,30)(H2,24,25,27,29). The van der Waals surface area contributed by atoms with Crippen molar-refractivity contribution in [3.8, 4) is 0 Å². The molecular formula is C20H24F3N5O2. The maximum atomic E-state index is 13.1. The van der Waals surface area contributed by atoms with Gasteiger partial charge in [0.25, 0.3) is 5.56 Å². The molecule has 1 fully saturated rings. The summed E-state index contributed by atoms with van der Waals surface area (Å²) in [5.41, 5.74) is -0.610. The first kappa shape index (κ1) is 21.8. The Labute approximate surface area is 171 Å². The smallest absolute Gasteiger partial charge is 0.353 e. The lowest BCUT2D eigenvalue weighted by Crippen LogP contribution is -2.43. The van der Waals surface area contributed by atoms with E-state index >= 15 is 0 Å². The molecule has 0 aliphatic carbocycles. The van der Waals surface area contributed by atoms with Gasteiger partial charge in [-0.3, -0.25) is 19.5 Å². The molecule has 1 aromatic carbocycles. The van der Waals surface area contributed by atoms with Gasteiger partial charge in [0.1, 0.15) is 0 Å². The zero-order valence-corrected chi connectivity index (χ0v) is 16.6. The van der Waals surface area contributed by atoms with E-state index in [1.54, 1.807) is 0 Å². The predicted octanol–water partition coefficient (Wildman–Crippen LogP) is 2.87. The molecular weight excluding hydrogens is 399 g/mol. The molecule has 2 heterocycles. The Balaban J connectivity index is 1.51. The average molecular weight is 423 g/mol. The molecule has 2 aromatic rings. The van der Waals surface area contributed by atoms with Crippen molar-refractivity contribution in [2.75, 3.05) is 30.3 Å². The van der Waals surface area contributed by atoms with Gasteiger partial charge in [0.2, 0.25) is 11.9 Å². The van der Waals surface area contributed by atoms with Crippen LogP contribution in [0.25, 0.3) is 0 Å². The molecule has 1 aromatic heterocycles. The van der Waals surface area contributed by atoms with E-state index < -0.39 is 17.6 Å². The maximum Gasteiger partial charge on any atom is 0.418 e. The van der Waals surface area contributed by atoms with Crippen molar-refractivity contribution in [1.29, 1.82) is 0 Å². The number of hydrogen-bond donors (Lipinski definition) is 3. The largest absolute Gasteiger partial charge is 0.418 e. The van der Waals surface area contributed by atoms with Crippen molar-refractivity contribution >= 4 is 17.5 Å². The van der Waals surface area contributed by atoms with Crippen LogP contribution in [-0.4, -0.2) is 46.5 Å². The molecule has 10 heteroatoms. The van der Waals surface area contributed by atoms with Crippen LogP contribution in [0, 0.1) is 0 Å². The highest BCUT2D eigenvalue weighted by atomic mass is 19.4. The molecule has 7 nitrogen and oxygen atoms in total. The van der Waals surface area contributed by atoms with Gasteiger partial charge in [-0.2, -0.15) is 13.2 Å². The molecule has 1 amide bonds. The minimum Gasteiger partial charge on any atom is -0.353 e. The lowest BCUT2D eigenvalue weighted by Gasteiger charge is -2.32. The molecule has 0 spiro atoms. The summed E-state index contributed by atoms with van der Waals surface area (Å²) in [7, 11) is 0. The zero-order chi connectivity index (χ0) is 21.7. The van der Waals surface area contributed by atoms with Gasteiger partial charge in [0.05, 0.1) is 17.8 Å². The number of rotatable bonds is 6. The second kappa shape index (κ2) is 9.29. The van der Waals surface area contributed by atoms with E-state index in [0.29, 0.717) is 44.0 Å². The Hall–Kier alpha value is -2.88. The van der Waals surface area contributed by atoms with E-state index in [2.05, 4.69) is 20.6 Å². The summed E-state index contributed by atoms with van der Waals surface area (Å²) in [6, 6.07) is 6.48. The van der Waals surface area contributed by atoms with Gasteiger partial charge in [-0.05, 0) is 31.4 Å². The molecule has 0 radical (unpaired) electrons. The van der Waals surface area contributed by atoms with Crippen LogP contribution in [0.5, 0.6) is 0 Å². The average Bonchev–Trinajstić information content (AvgIpc) is 2.68. The first-order chi connectivity index (χ1) is 14.2. The number of anilines is 2. The summed E-state index contributed by atoms with van der Waals surface area (Å²) >= 11 is 0.